The van der Waals surface area contributed by atoms with Crippen LogP contribution in [-0.4, -0.2) is 0 Å². The van der Waals surface area contributed by atoms with Crippen molar-refractivity contribution >= 4 is 77.8 Å². The molecule has 1 aromatic heterocycles. The van der Waals surface area contributed by atoms with Crippen molar-refractivity contribution in [2.45, 2.75) is 27.2 Å². The number of nitrogens with zero attached hydrogens (tertiary/aromatic N) is 2. The van der Waals surface area contributed by atoms with E-state index in [0.717, 1.165) is 40.5 Å². The van der Waals surface area contributed by atoms with E-state index in [1.165, 1.54) is 92.1 Å². The van der Waals surface area contributed by atoms with Gasteiger partial charge in [-0.25, -0.2) is 0 Å². The molecule has 0 amide bonds. The standard InChI is InChI=1S/C68H52N2S/c1-4-48-25-34-57(35-26-48)69(60-40-28-49-15-11-12-20-54(49)44-60)58-36-29-52(30-37-58)67-65(50-16-7-5-8-17-50)66(51-18-9-6-10-19-51)68(71-67)53-31-38-59(39-32-53)70(61-41-33-55-43-46(2)23-27-56(55)45-61)64-42-24-47(3)62-21-13-14-22-63(62)64/h5-45H,4H2,1-3H3. The summed E-state index contributed by atoms with van der Waals surface area (Å²) in [7, 11) is 0. The molecule has 0 fully saturated rings. The third-order valence-corrected chi connectivity index (χ3v) is 15.3. The smallest absolute Gasteiger partial charge is 0.0540 e. The van der Waals surface area contributed by atoms with Crippen molar-refractivity contribution in [3.05, 3.63) is 265 Å². The van der Waals surface area contributed by atoms with Gasteiger partial charge in [-0.3, -0.25) is 0 Å². The quantitative estimate of drug-likeness (QED) is 0.128. The molecule has 340 valence electrons. The zero-order valence-corrected chi connectivity index (χ0v) is 41.0. The largest absolute Gasteiger partial charge is 0.310 e. The summed E-state index contributed by atoms with van der Waals surface area (Å²) in [6.45, 7) is 6.57. The molecule has 11 aromatic carbocycles. The Morgan fingerprint density at radius 1 is 0.338 bits per heavy atom. The third kappa shape index (κ3) is 8.35. The lowest BCUT2D eigenvalue weighted by molar-refractivity contribution is 1.14. The molecule has 0 radical (unpaired) electrons. The SMILES string of the molecule is CCc1ccc(N(c2ccc(-c3sc(-c4ccc(N(c5ccc6cc(C)ccc6c5)c5ccc(C)c6ccccc56)cc4)c(-c4ccccc4)c3-c3ccccc3)cc2)c2ccc3ccccc3c2)cc1. The molecule has 0 aliphatic rings. The molecule has 3 heteroatoms. The summed E-state index contributed by atoms with van der Waals surface area (Å²) < 4.78 is 0. The number of thiophene rings is 1. The first-order valence-electron chi connectivity index (χ1n) is 24.6. The van der Waals surface area contributed by atoms with E-state index in [1.807, 2.05) is 11.3 Å². The number of benzene rings is 11. The first-order chi connectivity index (χ1) is 35.0. The van der Waals surface area contributed by atoms with Gasteiger partial charge in [-0.05, 0) is 147 Å². The van der Waals surface area contributed by atoms with E-state index in [1.54, 1.807) is 0 Å². The van der Waals surface area contributed by atoms with Gasteiger partial charge < -0.3 is 9.80 Å². The highest BCUT2D eigenvalue weighted by Gasteiger charge is 2.25. The molecule has 0 saturated heterocycles. The summed E-state index contributed by atoms with van der Waals surface area (Å²) in [6, 6.07) is 91.7. The van der Waals surface area contributed by atoms with Gasteiger partial charge in [0, 0.05) is 54.7 Å². The van der Waals surface area contributed by atoms with Crippen molar-refractivity contribution in [3.63, 3.8) is 0 Å². The topological polar surface area (TPSA) is 6.48 Å². The zero-order chi connectivity index (χ0) is 47.8. The fourth-order valence-electron chi connectivity index (χ4n) is 10.3. The third-order valence-electron chi connectivity index (χ3n) is 14.0. The number of anilines is 6. The average molecular weight is 929 g/mol. The van der Waals surface area contributed by atoms with Crippen molar-refractivity contribution in [1.29, 1.82) is 0 Å². The van der Waals surface area contributed by atoms with Crippen molar-refractivity contribution in [2.75, 3.05) is 9.80 Å². The molecule has 0 atom stereocenters. The first kappa shape index (κ1) is 43.8. The van der Waals surface area contributed by atoms with Gasteiger partial charge in [0.2, 0.25) is 0 Å². The number of fused-ring (bicyclic) bond motifs is 3. The lowest BCUT2D eigenvalue weighted by Crippen LogP contribution is -2.10. The van der Waals surface area contributed by atoms with Crippen LogP contribution in [0.5, 0.6) is 0 Å². The molecular formula is C68H52N2S. The maximum absolute atomic E-state index is 2.43. The summed E-state index contributed by atoms with van der Waals surface area (Å²) in [5.41, 5.74) is 17.8. The zero-order valence-electron chi connectivity index (χ0n) is 40.2. The van der Waals surface area contributed by atoms with E-state index in [2.05, 4.69) is 279 Å². The van der Waals surface area contributed by atoms with E-state index in [4.69, 9.17) is 0 Å². The predicted molar refractivity (Wildman–Crippen MR) is 307 cm³/mol. The van der Waals surface area contributed by atoms with Gasteiger partial charge >= 0.3 is 0 Å². The van der Waals surface area contributed by atoms with Crippen LogP contribution >= 0.6 is 11.3 Å². The average Bonchev–Trinajstić information content (AvgIpc) is 3.84. The van der Waals surface area contributed by atoms with E-state index in [0.29, 0.717) is 0 Å². The number of aryl methyl sites for hydroxylation is 3. The Kier molecular flexibility index (Phi) is 11.6. The van der Waals surface area contributed by atoms with Crippen molar-refractivity contribution in [1.82, 2.24) is 0 Å². The van der Waals surface area contributed by atoms with E-state index in [9.17, 15) is 0 Å². The Balaban J connectivity index is 1.00. The lowest BCUT2D eigenvalue weighted by atomic mass is 9.91. The normalized spacial score (nSPS) is 11.4. The Labute approximate surface area is 421 Å². The van der Waals surface area contributed by atoms with E-state index >= 15 is 0 Å². The van der Waals surface area contributed by atoms with Crippen LogP contribution in [0.1, 0.15) is 23.6 Å². The Bertz CT molecular complexity index is 3850. The summed E-state index contributed by atoms with van der Waals surface area (Å²) in [5.74, 6) is 0. The summed E-state index contributed by atoms with van der Waals surface area (Å²) in [5, 5.41) is 7.40. The Morgan fingerprint density at radius 3 is 1.39 bits per heavy atom. The molecule has 0 bridgehead atoms. The molecule has 2 nitrogen and oxygen atoms in total. The molecule has 0 saturated carbocycles. The van der Waals surface area contributed by atoms with Gasteiger partial charge in [-0.2, -0.15) is 0 Å². The van der Waals surface area contributed by atoms with Gasteiger partial charge in [0.15, 0.2) is 0 Å². The number of rotatable bonds is 11. The molecule has 1 heterocycles. The van der Waals surface area contributed by atoms with Crippen LogP contribution < -0.4 is 9.80 Å². The fraction of sp³-hybridized carbons (Fsp3) is 0.0588. The van der Waals surface area contributed by atoms with Crippen molar-refractivity contribution in [2.24, 2.45) is 0 Å². The van der Waals surface area contributed by atoms with Crippen LogP contribution in [0.2, 0.25) is 0 Å². The second-order valence-corrected chi connectivity index (χ2v) is 19.6. The van der Waals surface area contributed by atoms with Crippen LogP contribution in [-0.2, 0) is 6.42 Å². The molecule has 0 aliphatic carbocycles. The van der Waals surface area contributed by atoms with Crippen LogP contribution in [0, 0.1) is 13.8 Å². The Hall–Kier alpha value is -8.50. The second-order valence-electron chi connectivity index (χ2n) is 18.5. The predicted octanol–water partition coefficient (Wildman–Crippen LogP) is 20.0. The van der Waals surface area contributed by atoms with E-state index < -0.39 is 0 Å². The van der Waals surface area contributed by atoms with Crippen LogP contribution in [0.25, 0.3) is 75.5 Å². The minimum atomic E-state index is 1.00. The van der Waals surface area contributed by atoms with Crippen molar-refractivity contribution in [3.8, 4) is 43.1 Å². The molecule has 71 heavy (non-hydrogen) atoms. The molecule has 0 N–H and O–H groups in total. The van der Waals surface area contributed by atoms with Gasteiger partial charge in [0.25, 0.3) is 0 Å². The highest BCUT2D eigenvalue weighted by atomic mass is 32.1. The molecule has 0 spiro atoms. The summed E-state index contributed by atoms with van der Waals surface area (Å²) >= 11 is 1.88. The maximum atomic E-state index is 2.43. The monoisotopic (exact) mass is 928 g/mol. The van der Waals surface area contributed by atoms with Crippen LogP contribution in [0.3, 0.4) is 0 Å². The lowest BCUT2D eigenvalue weighted by Gasteiger charge is -2.28. The van der Waals surface area contributed by atoms with Crippen LogP contribution in [0.15, 0.2) is 249 Å². The molecule has 0 aliphatic heterocycles. The number of hydrogen-bond acceptors (Lipinski definition) is 3. The van der Waals surface area contributed by atoms with Gasteiger partial charge in [0.1, 0.15) is 0 Å². The molecule has 12 aromatic rings. The van der Waals surface area contributed by atoms with Crippen LogP contribution in [0.4, 0.5) is 34.1 Å². The fourth-order valence-corrected chi connectivity index (χ4v) is 11.7. The molecular weight excluding hydrogens is 877 g/mol. The maximum Gasteiger partial charge on any atom is 0.0540 e. The van der Waals surface area contributed by atoms with Crippen molar-refractivity contribution < 1.29 is 0 Å². The summed E-state index contributed by atoms with van der Waals surface area (Å²) in [4.78, 5) is 7.29. The Morgan fingerprint density at radius 2 is 0.789 bits per heavy atom. The highest BCUT2D eigenvalue weighted by molar-refractivity contribution is 7.20. The minimum Gasteiger partial charge on any atom is -0.310 e. The molecule has 0 unspecified atom stereocenters. The van der Waals surface area contributed by atoms with Gasteiger partial charge in [0.05, 0.1) is 5.69 Å². The highest BCUT2D eigenvalue weighted by Crippen LogP contribution is 2.53. The summed E-state index contributed by atoms with van der Waals surface area (Å²) in [6.07, 6.45) is 1.00. The number of hydrogen-bond donors (Lipinski definition) is 0. The first-order valence-corrected chi connectivity index (χ1v) is 25.4. The second kappa shape index (κ2) is 18.8. The molecule has 12 rings (SSSR count). The van der Waals surface area contributed by atoms with Gasteiger partial charge in [-0.15, -0.1) is 11.3 Å². The van der Waals surface area contributed by atoms with Gasteiger partial charge in [-0.1, -0.05) is 194 Å². The minimum absolute atomic E-state index is 1.00. The van der Waals surface area contributed by atoms with E-state index in [-0.39, 0.29) is 0 Å².